The number of amides is 1. The third-order valence-electron chi connectivity index (χ3n) is 4.73. The van der Waals surface area contributed by atoms with Gasteiger partial charge in [0.05, 0.1) is 12.1 Å². The average molecular weight is 433 g/mol. The molecule has 0 spiro atoms. The fourth-order valence-electron chi connectivity index (χ4n) is 3.13. The highest BCUT2D eigenvalue weighted by Gasteiger charge is 2.13. The molecule has 0 saturated heterocycles. The molecule has 0 fully saturated rings. The van der Waals surface area contributed by atoms with Gasteiger partial charge in [0.2, 0.25) is 0 Å². The van der Waals surface area contributed by atoms with E-state index in [1.54, 1.807) is 29.1 Å². The molecule has 6 nitrogen and oxygen atoms in total. The van der Waals surface area contributed by atoms with Crippen LogP contribution in [-0.2, 0) is 13.2 Å². The van der Waals surface area contributed by atoms with E-state index < -0.39 is 0 Å². The molecule has 0 saturated carbocycles. The summed E-state index contributed by atoms with van der Waals surface area (Å²) < 4.78 is 7.85. The molecule has 4 rings (SSSR count). The Labute approximate surface area is 185 Å². The van der Waals surface area contributed by atoms with Crippen molar-refractivity contribution in [2.24, 2.45) is 0 Å². The van der Waals surface area contributed by atoms with Crippen LogP contribution in [0.2, 0.25) is 5.02 Å². The van der Waals surface area contributed by atoms with Gasteiger partial charge in [-0.15, -0.1) is 0 Å². The van der Waals surface area contributed by atoms with E-state index in [9.17, 15) is 4.79 Å². The van der Waals surface area contributed by atoms with E-state index in [0.29, 0.717) is 29.6 Å². The Balaban J connectivity index is 1.50. The maximum Gasteiger partial charge on any atom is 0.258 e. The third-order valence-corrected chi connectivity index (χ3v) is 4.96. The number of anilines is 1. The first-order valence-corrected chi connectivity index (χ1v) is 10.2. The van der Waals surface area contributed by atoms with Crippen molar-refractivity contribution >= 4 is 23.3 Å². The summed E-state index contributed by atoms with van der Waals surface area (Å²) in [5.74, 6) is 0.955. The quantitative estimate of drug-likeness (QED) is 0.440. The number of aromatic nitrogens is 3. The Hall–Kier alpha value is -3.64. The summed E-state index contributed by atoms with van der Waals surface area (Å²) in [6.07, 6.45) is 3.14. The van der Waals surface area contributed by atoms with Crippen molar-refractivity contribution in [1.29, 1.82) is 0 Å². The van der Waals surface area contributed by atoms with Gasteiger partial charge in [-0.25, -0.2) is 0 Å². The highest BCUT2D eigenvalue weighted by molar-refractivity contribution is 6.30. The molecule has 7 heteroatoms. The zero-order chi connectivity index (χ0) is 21.6. The zero-order valence-electron chi connectivity index (χ0n) is 17.0. The van der Waals surface area contributed by atoms with Crippen LogP contribution < -0.4 is 10.1 Å². The van der Waals surface area contributed by atoms with Crippen molar-refractivity contribution in [3.05, 3.63) is 107 Å². The van der Waals surface area contributed by atoms with E-state index in [2.05, 4.69) is 15.4 Å². The largest absolute Gasteiger partial charge is 0.489 e. The van der Waals surface area contributed by atoms with Crippen molar-refractivity contribution in [3.63, 3.8) is 0 Å². The van der Waals surface area contributed by atoms with Crippen LogP contribution in [0.5, 0.6) is 5.75 Å². The molecule has 0 radical (unpaired) electrons. The van der Waals surface area contributed by atoms with Gasteiger partial charge in [-0.3, -0.25) is 14.5 Å². The maximum absolute atomic E-state index is 12.4. The van der Waals surface area contributed by atoms with Crippen molar-refractivity contribution < 1.29 is 9.53 Å². The molecular formula is C24H21ClN4O2. The predicted molar refractivity (Wildman–Crippen MR) is 120 cm³/mol. The number of rotatable bonds is 7. The lowest BCUT2D eigenvalue weighted by Gasteiger charge is -2.13. The van der Waals surface area contributed by atoms with Crippen molar-refractivity contribution in [3.8, 4) is 5.75 Å². The number of ether oxygens (including phenoxy) is 1. The summed E-state index contributed by atoms with van der Waals surface area (Å²) >= 11 is 6.23. The number of hydrogen-bond acceptors (Lipinski definition) is 4. The maximum atomic E-state index is 12.4. The van der Waals surface area contributed by atoms with Gasteiger partial charge in [0, 0.05) is 34.7 Å². The number of hydrogen-bond donors (Lipinski definition) is 1. The van der Waals surface area contributed by atoms with Crippen LogP contribution in [0.15, 0.2) is 79.1 Å². The predicted octanol–water partition coefficient (Wildman–Crippen LogP) is 5.12. The number of halogens is 1. The number of pyridine rings is 1. The molecule has 0 atom stereocenters. The summed E-state index contributed by atoms with van der Waals surface area (Å²) in [7, 11) is 0. The fraction of sp³-hybridized carbons (Fsp3) is 0.125. The fourth-order valence-corrected chi connectivity index (χ4v) is 3.32. The summed E-state index contributed by atoms with van der Waals surface area (Å²) in [6, 6.07) is 20.8. The molecule has 156 valence electrons. The number of nitrogens with zero attached hydrogens (tertiary/aromatic N) is 3. The SMILES string of the molecule is Cc1cc(NC(=O)c2cccnc2)nn1Cc1cc(Cl)ccc1OCc1ccccc1. The molecule has 2 aromatic heterocycles. The second-order valence-corrected chi connectivity index (χ2v) is 7.49. The van der Waals surface area contributed by atoms with E-state index in [1.165, 1.54) is 6.20 Å². The van der Waals surface area contributed by atoms with Crippen molar-refractivity contribution in [1.82, 2.24) is 14.8 Å². The van der Waals surface area contributed by atoms with Gasteiger partial charge >= 0.3 is 0 Å². The molecule has 0 aliphatic rings. The van der Waals surface area contributed by atoms with E-state index in [0.717, 1.165) is 22.6 Å². The van der Waals surface area contributed by atoms with Crippen LogP contribution in [0.3, 0.4) is 0 Å². The van der Waals surface area contributed by atoms with Gasteiger partial charge in [0.15, 0.2) is 5.82 Å². The second kappa shape index (κ2) is 9.45. The first-order valence-electron chi connectivity index (χ1n) is 9.79. The van der Waals surface area contributed by atoms with Crippen LogP contribution in [0.1, 0.15) is 27.2 Å². The molecule has 2 aromatic carbocycles. The van der Waals surface area contributed by atoms with Gasteiger partial charge in [0.1, 0.15) is 12.4 Å². The van der Waals surface area contributed by atoms with Crippen LogP contribution in [0, 0.1) is 6.92 Å². The van der Waals surface area contributed by atoms with E-state index in [4.69, 9.17) is 16.3 Å². The Morgan fingerprint density at radius 2 is 1.94 bits per heavy atom. The minimum atomic E-state index is -0.257. The van der Waals surface area contributed by atoms with Crippen LogP contribution >= 0.6 is 11.6 Å². The number of carbonyl (C=O) groups is 1. The van der Waals surface area contributed by atoms with Crippen LogP contribution in [0.4, 0.5) is 5.82 Å². The van der Waals surface area contributed by atoms with Crippen molar-refractivity contribution in [2.75, 3.05) is 5.32 Å². The molecule has 0 aliphatic carbocycles. The summed E-state index contributed by atoms with van der Waals surface area (Å²) in [4.78, 5) is 16.3. The highest BCUT2D eigenvalue weighted by Crippen LogP contribution is 2.25. The Morgan fingerprint density at radius 3 is 2.71 bits per heavy atom. The first-order chi connectivity index (χ1) is 15.1. The van der Waals surface area contributed by atoms with Gasteiger partial charge in [-0.1, -0.05) is 41.9 Å². The highest BCUT2D eigenvalue weighted by atomic mass is 35.5. The Bertz CT molecular complexity index is 1180. The smallest absolute Gasteiger partial charge is 0.258 e. The lowest BCUT2D eigenvalue weighted by Crippen LogP contribution is -2.13. The number of nitrogens with one attached hydrogen (secondary N) is 1. The second-order valence-electron chi connectivity index (χ2n) is 7.05. The Morgan fingerprint density at radius 1 is 1.10 bits per heavy atom. The number of benzene rings is 2. The number of aryl methyl sites for hydroxylation is 1. The van der Waals surface area contributed by atoms with E-state index in [-0.39, 0.29) is 5.91 Å². The summed E-state index contributed by atoms with van der Waals surface area (Å²) in [6.45, 7) is 2.85. The van der Waals surface area contributed by atoms with Crippen molar-refractivity contribution in [2.45, 2.75) is 20.1 Å². The van der Waals surface area contributed by atoms with Gasteiger partial charge in [0.25, 0.3) is 5.91 Å². The van der Waals surface area contributed by atoms with Crippen LogP contribution in [0.25, 0.3) is 0 Å². The molecule has 31 heavy (non-hydrogen) atoms. The lowest BCUT2D eigenvalue weighted by atomic mass is 10.2. The molecule has 0 aliphatic heterocycles. The van der Waals surface area contributed by atoms with Crippen LogP contribution in [-0.4, -0.2) is 20.7 Å². The minimum absolute atomic E-state index is 0.257. The first kappa shape index (κ1) is 20.6. The van der Waals surface area contributed by atoms with Gasteiger partial charge in [-0.05, 0) is 42.8 Å². The van der Waals surface area contributed by atoms with Gasteiger partial charge < -0.3 is 10.1 Å². The average Bonchev–Trinajstić information content (AvgIpc) is 3.13. The molecule has 0 bridgehead atoms. The van der Waals surface area contributed by atoms with E-state index in [1.807, 2.05) is 55.5 Å². The molecule has 1 amide bonds. The zero-order valence-corrected chi connectivity index (χ0v) is 17.7. The van der Waals surface area contributed by atoms with Gasteiger partial charge in [-0.2, -0.15) is 5.10 Å². The minimum Gasteiger partial charge on any atom is -0.489 e. The molecule has 2 heterocycles. The monoisotopic (exact) mass is 432 g/mol. The summed E-state index contributed by atoms with van der Waals surface area (Å²) in [5.41, 5.74) is 3.36. The lowest BCUT2D eigenvalue weighted by molar-refractivity contribution is 0.102. The molecular weight excluding hydrogens is 412 g/mol. The molecule has 4 aromatic rings. The third kappa shape index (κ3) is 5.29. The van der Waals surface area contributed by atoms with E-state index >= 15 is 0 Å². The summed E-state index contributed by atoms with van der Waals surface area (Å²) in [5, 5.41) is 7.96. The standard InChI is InChI=1S/C24H21ClN4O2/c1-17-12-23(27-24(30)19-8-5-11-26-14-19)28-29(17)15-20-13-21(25)9-10-22(20)31-16-18-6-3-2-4-7-18/h2-14H,15-16H2,1H3,(H,27,28,30). The normalized spacial score (nSPS) is 10.6. The topological polar surface area (TPSA) is 69.0 Å². The molecule has 1 N–H and O–H groups in total. The number of carbonyl (C=O) groups excluding carboxylic acids is 1. The molecule has 0 unspecified atom stereocenters. The Kier molecular flexibility index (Phi) is 6.29.